The molecule has 1 saturated heterocycles. The van der Waals surface area contributed by atoms with E-state index < -0.39 is 0 Å². The zero-order valence-electron chi connectivity index (χ0n) is 17.1. The van der Waals surface area contributed by atoms with Gasteiger partial charge in [0.15, 0.2) is 11.5 Å². The molecule has 9 nitrogen and oxygen atoms in total. The first-order chi connectivity index (χ1) is 14.0. The van der Waals surface area contributed by atoms with Gasteiger partial charge in [0.1, 0.15) is 18.0 Å². The van der Waals surface area contributed by atoms with Crippen LogP contribution in [0.1, 0.15) is 11.3 Å². The summed E-state index contributed by atoms with van der Waals surface area (Å²) in [6, 6.07) is 3.64. The number of hydrogen-bond donors (Lipinski definition) is 1. The molecule has 9 heteroatoms. The van der Waals surface area contributed by atoms with Crippen LogP contribution in [-0.2, 0) is 0 Å². The number of fused-ring (bicyclic) bond motifs is 1. The Balaban J connectivity index is 1.59. The van der Waals surface area contributed by atoms with Crippen LogP contribution in [0.2, 0.25) is 0 Å². The molecule has 0 unspecified atom stereocenters. The second kappa shape index (κ2) is 7.57. The van der Waals surface area contributed by atoms with E-state index in [9.17, 15) is 0 Å². The molecule has 3 heterocycles. The van der Waals surface area contributed by atoms with Crippen molar-refractivity contribution in [3.63, 3.8) is 0 Å². The largest absolute Gasteiger partial charge is 0.493 e. The molecular formula is C20H25N7O2. The number of methoxy groups -OCH3 is 2. The normalized spacial score (nSPS) is 14.3. The molecular weight excluding hydrogens is 370 g/mol. The van der Waals surface area contributed by atoms with Gasteiger partial charge in [0.2, 0.25) is 5.95 Å². The van der Waals surface area contributed by atoms with E-state index in [0.29, 0.717) is 23.3 Å². The number of nitrogens with zero attached hydrogens (tertiary/aromatic N) is 6. The highest BCUT2D eigenvalue weighted by Crippen LogP contribution is 2.34. The molecule has 0 bridgehead atoms. The Morgan fingerprint density at radius 3 is 2.24 bits per heavy atom. The average molecular weight is 395 g/mol. The number of nitrogens with two attached hydrogens (primary N) is 1. The minimum atomic E-state index is 0.427. The van der Waals surface area contributed by atoms with Gasteiger partial charge in [-0.25, -0.2) is 15.0 Å². The first-order valence-electron chi connectivity index (χ1n) is 9.49. The number of nitrogen functional groups attached to an aromatic ring is 1. The SMILES string of the molecule is COc1cc2nc(N3CCN(c4ncnc(C)c4C)CC3)nc(N)c2cc1OC. The standard InChI is InChI=1S/C20H25N7O2/c1-12-13(2)22-11-23-19(12)26-5-7-27(8-6-26)20-24-15-10-17(29-4)16(28-3)9-14(15)18(21)25-20/h9-11H,5-8H2,1-4H3,(H2,21,24,25). The summed E-state index contributed by atoms with van der Waals surface area (Å²) in [6.07, 6.45) is 1.62. The van der Waals surface area contributed by atoms with E-state index in [-0.39, 0.29) is 0 Å². The van der Waals surface area contributed by atoms with Crippen LogP contribution in [0.25, 0.3) is 10.9 Å². The van der Waals surface area contributed by atoms with E-state index in [1.165, 1.54) is 0 Å². The molecule has 4 rings (SSSR count). The molecule has 0 saturated carbocycles. The summed E-state index contributed by atoms with van der Waals surface area (Å²) in [5, 5.41) is 0.747. The van der Waals surface area contributed by atoms with Crippen LogP contribution in [0.4, 0.5) is 17.6 Å². The third-order valence-electron chi connectivity index (χ3n) is 5.39. The number of ether oxygens (including phenoxy) is 2. The molecule has 2 aromatic heterocycles. The van der Waals surface area contributed by atoms with Crippen LogP contribution in [0.5, 0.6) is 11.5 Å². The third kappa shape index (κ3) is 3.43. The third-order valence-corrected chi connectivity index (χ3v) is 5.39. The minimum Gasteiger partial charge on any atom is -0.493 e. The summed E-state index contributed by atoms with van der Waals surface area (Å²) in [6.45, 7) is 7.27. The molecule has 0 amide bonds. The lowest BCUT2D eigenvalue weighted by Crippen LogP contribution is -2.47. The fourth-order valence-corrected chi connectivity index (χ4v) is 3.57. The second-order valence-electron chi connectivity index (χ2n) is 7.01. The minimum absolute atomic E-state index is 0.427. The molecule has 0 atom stereocenters. The fourth-order valence-electron chi connectivity index (χ4n) is 3.57. The number of anilines is 3. The zero-order valence-corrected chi connectivity index (χ0v) is 17.1. The van der Waals surface area contributed by atoms with Gasteiger partial charge in [-0.1, -0.05) is 0 Å². The Labute approximate surface area is 169 Å². The first-order valence-corrected chi connectivity index (χ1v) is 9.49. The highest BCUT2D eigenvalue weighted by Gasteiger charge is 2.23. The molecule has 3 aromatic rings. The lowest BCUT2D eigenvalue weighted by molar-refractivity contribution is 0.356. The number of piperazine rings is 1. The number of benzene rings is 1. The number of hydrogen-bond acceptors (Lipinski definition) is 9. The fraction of sp³-hybridized carbons (Fsp3) is 0.400. The number of aryl methyl sites for hydroxylation is 1. The summed E-state index contributed by atoms with van der Waals surface area (Å²) in [5.74, 6) is 3.26. The number of rotatable bonds is 4. The molecule has 152 valence electrons. The summed E-state index contributed by atoms with van der Waals surface area (Å²) < 4.78 is 10.8. The summed E-state index contributed by atoms with van der Waals surface area (Å²) in [7, 11) is 3.20. The van der Waals surface area contributed by atoms with Crippen LogP contribution in [0.15, 0.2) is 18.5 Å². The molecule has 1 aliphatic rings. The van der Waals surface area contributed by atoms with E-state index in [2.05, 4.69) is 31.7 Å². The first kappa shape index (κ1) is 19.0. The second-order valence-corrected chi connectivity index (χ2v) is 7.01. The highest BCUT2D eigenvalue weighted by atomic mass is 16.5. The van der Waals surface area contributed by atoms with Crippen molar-refractivity contribution in [1.82, 2.24) is 19.9 Å². The topological polar surface area (TPSA) is 103 Å². The molecule has 1 fully saturated rings. The maximum Gasteiger partial charge on any atom is 0.228 e. The van der Waals surface area contributed by atoms with Crippen molar-refractivity contribution in [1.29, 1.82) is 0 Å². The van der Waals surface area contributed by atoms with Crippen LogP contribution < -0.4 is 25.0 Å². The molecule has 1 aromatic carbocycles. The molecule has 2 N–H and O–H groups in total. The Bertz CT molecular complexity index is 1050. The Hall–Kier alpha value is -3.36. The van der Waals surface area contributed by atoms with E-state index in [1.54, 1.807) is 20.5 Å². The van der Waals surface area contributed by atoms with Crippen LogP contribution >= 0.6 is 0 Å². The maximum atomic E-state index is 6.23. The van der Waals surface area contributed by atoms with Crippen LogP contribution in [0.3, 0.4) is 0 Å². The van der Waals surface area contributed by atoms with Gasteiger partial charge in [-0.15, -0.1) is 0 Å². The van der Waals surface area contributed by atoms with Gasteiger partial charge in [0, 0.05) is 48.9 Å². The summed E-state index contributed by atoms with van der Waals surface area (Å²) in [4.78, 5) is 22.4. The smallest absolute Gasteiger partial charge is 0.228 e. The van der Waals surface area contributed by atoms with Crippen molar-refractivity contribution in [3.8, 4) is 11.5 Å². The molecule has 29 heavy (non-hydrogen) atoms. The van der Waals surface area contributed by atoms with Gasteiger partial charge >= 0.3 is 0 Å². The van der Waals surface area contributed by atoms with Gasteiger partial charge in [-0.05, 0) is 19.9 Å². The van der Waals surface area contributed by atoms with E-state index >= 15 is 0 Å². The number of aromatic nitrogens is 4. The Kier molecular flexibility index (Phi) is 4.96. The van der Waals surface area contributed by atoms with Gasteiger partial charge in [0.25, 0.3) is 0 Å². The van der Waals surface area contributed by atoms with Crippen molar-refractivity contribution >= 4 is 28.5 Å². The van der Waals surface area contributed by atoms with Gasteiger partial charge in [-0.2, -0.15) is 4.98 Å². The van der Waals surface area contributed by atoms with Crippen LogP contribution in [0, 0.1) is 13.8 Å². The monoisotopic (exact) mass is 395 g/mol. The van der Waals surface area contributed by atoms with Crippen LogP contribution in [-0.4, -0.2) is 60.3 Å². The summed E-state index contributed by atoms with van der Waals surface area (Å²) >= 11 is 0. The quantitative estimate of drug-likeness (QED) is 0.710. The van der Waals surface area contributed by atoms with Gasteiger partial charge < -0.3 is 25.0 Å². The highest BCUT2D eigenvalue weighted by molar-refractivity contribution is 5.91. The molecule has 0 aliphatic carbocycles. The van der Waals surface area contributed by atoms with E-state index in [0.717, 1.165) is 54.2 Å². The van der Waals surface area contributed by atoms with Crippen molar-refractivity contribution in [2.45, 2.75) is 13.8 Å². The van der Waals surface area contributed by atoms with E-state index in [4.69, 9.17) is 20.2 Å². The van der Waals surface area contributed by atoms with E-state index in [1.807, 2.05) is 19.1 Å². The lowest BCUT2D eigenvalue weighted by Gasteiger charge is -2.36. The van der Waals surface area contributed by atoms with Crippen molar-refractivity contribution in [2.75, 3.05) is 55.9 Å². The van der Waals surface area contributed by atoms with Gasteiger partial charge in [0.05, 0.1) is 19.7 Å². The Morgan fingerprint density at radius 1 is 0.897 bits per heavy atom. The predicted octanol–water partition coefficient (Wildman–Crippen LogP) is 1.96. The van der Waals surface area contributed by atoms with Crippen molar-refractivity contribution in [2.24, 2.45) is 0 Å². The molecule has 0 radical (unpaired) electrons. The Morgan fingerprint density at radius 2 is 1.55 bits per heavy atom. The zero-order chi connectivity index (χ0) is 20.5. The molecule has 0 spiro atoms. The predicted molar refractivity (Wildman–Crippen MR) is 113 cm³/mol. The molecule has 1 aliphatic heterocycles. The summed E-state index contributed by atoms with van der Waals surface area (Å²) in [5.41, 5.74) is 9.09. The van der Waals surface area contributed by atoms with Gasteiger partial charge in [-0.3, -0.25) is 0 Å². The maximum absolute atomic E-state index is 6.23. The lowest BCUT2D eigenvalue weighted by atomic mass is 10.2. The van der Waals surface area contributed by atoms with Crippen molar-refractivity contribution in [3.05, 3.63) is 29.7 Å². The van der Waals surface area contributed by atoms with Crippen molar-refractivity contribution < 1.29 is 9.47 Å². The average Bonchev–Trinajstić information content (AvgIpc) is 2.75.